The van der Waals surface area contributed by atoms with Crippen LogP contribution in [0.4, 0.5) is 0 Å². The van der Waals surface area contributed by atoms with E-state index in [0.29, 0.717) is 23.3 Å². The van der Waals surface area contributed by atoms with Crippen molar-refractivity contribution in [2.24, 2.45) is 4.99 Å². The molecule has 0 N–H and O–H groups in total. The largest absolute Gasteiger partial charge is 0.466 e. The van der Waals surface area contributed by atoms with Gasteiger partial charge in [-0.25, -0.2) is 4.99 Å². The molecule has 1 saturated heterocycles. The molecule has 0 spiro atoms. The van der Waals surface area contributed by atoms with Gasteiger partial charge in [0.05, 0.1) is 18.7 Å². The van der Waals surface area contributed by atoms with Crippen molar-refractivity contribution in [3.8, 4) is 0 Å². The van der Waals surface area contributed by atoms with E-state index in [1.165, 1.54) is 0 Å². The fourth-order valence-electron chi connectivity index (χ4n) is 4.05. The Balaban J connectivity index is 1.74. The molecular weight excluding hydrogens is 421 g/mol. The Hall–Kier alpha value is -3.43. The van der Waals surface area contributed by atoms with E-state index in [1.54, 1.807) is 0 Å². The smallest absolute Gasteiger partial charge is 0.306 e. The van der Waals surface area contributed by atoms with Gasteiger partial charge in [-0.1, -0.05) is 91.0 Å². The highest BCUT2D eigenvalue weighted by atomic mass is 31.2. The molecule has 0 saturated carbocycles. The minimum absolute atomic E-state index is 0.0475. The van der Waals surface area contributed by atoms with Gasteiger partial charge in [-0.3, -0.25) is 9.36 Å². The van der Waals surface area contributed by atoms with E-state index in [4.69, 9.17) is 14.3 Å². The van der Waals surface area contributed by atoms with E-state index in [2.05, 4.69) is 0 Å². The van der Waals surface area contributed by atoms with E-state index < -0.39 is 13.0 Å². The van der Waals surface area contributed by atoms with Crippen molar-refractivity contribution in [2.45, 2.75) is 18.5 Å². The van der Waals surface area contributed by atoms with Gasteiger partial charge < -0.3 is 9.26 Å². The number of carbonyl (C=O) groups excluding carboxylic acids is 1. The van der Waals surface area contributed by atoms with Crippen molar-refractivity contribution >= 4 is 30.2 Å². The standard InChI is InChI=1S/C26H22NO4P/c28-23-18-22(16-17-30-23)32(29)26(21-14-8-3-9-15-21)27-24(19-10-4-1-5-11-19)25(31-32)20-12-6-2-7-13-20/h1-15,22H,16-18H2/t22?,32-/m0/s1. The molecule has 0 aliphatic carbocycles. The molecule has 32 heavy (non-hydrogen) atoms. The summed E-state index contributed by atoms with van der Waals surface area (Å²) in [6.07, 6.45) is 0.517. The molecule has 2 atom stereocenters. The number of hydrogen-bond donors (Lipinski definition) is 0. The second-order valence-electron chi connectivity index (χ2n) is 7.77. The van der Waals surface area contributed by atoms with Crippen LogP contribution in [0.15, 0.2) is 96.0 Å². The highest BCUT2D eigenvalue weighted by Gasteiger charge is 2.47. The van der Waals surface area contributed by atoms with E-state index in [1.807, 2.05) is 91.0 Å². The molecule has 1 fully saturated rings. The highest BCUT2D eigenvalue weighted by Crippen LogP contribution is 2.63. The first-order valence-corrected chi connectivity index (χ1v) is 12.3. The van der Waals surface area contributed by atoms with Gasteiger partial charge >= 0.3 is 5.97 Å². The monoisotopic (exact) mass is 443 g/mol. The number of nitrogens with zero attached hydrogens (tertiary/aromatic N) is 1. The number of rotatable bonds is 4. The average Bonchev–Trinajstić information content (AvgIpc) is 2.85. The topological polar surface area (TPSA) is 65.0 Å². The first-order valence-electron chi connectivity index (χ1n) is 10.6. The lowest BCUT2D eigenvalue weighted by Crippen LogP contribution is -2.29. The van der Waals surface area contributed by atoms with Crippen LogP contribution < -0.4 is 0 Å². The van der Waals surface area contributed by atoms with Crippen molar-refractivity contribution in [3.63, 3.8) is 0 Å². The van der Waals surface area contributed by atoms with Gasteiger partial charge in [0.15, 0.2) is 5.76 Å². The third-order valence-electron chi connectivity index (χ3n) is 5.67. The fraction of sp³-hybridized carbons (Fsp3) is 0.154. The minimum Gasteiger partial charge on any atom is -0.466 e. The summed E-state index contributed by atoms with van der Waals surface area (Å²) in [4.78, 5) is 17.1. The summed E-state index contributed by atoms with van der Waals surface area (Å²) >= 11 is 0. The predicted molar refractivity (Wildman–Crippen MR) is 125 cm³/mol. The van der Waals surface area contributed by atoms with Crippen molar-refractivity contribution in [1.29, 1.82) is 0 Å². The second-order valence-corrected chi connectivity index (χ2v) is 10.3. The molecule has 0 radical (unpaired) electrons. The van der Waals surface area contributed by atoms with Crippen LogP contribution in [-0.2, 0) is 18.6 Å². The van der Waals surface area contributed by atoms with Gasteiger partial charge in [0.25, 0.3) is 7.37 Å². The number of esters is 1. The van der Waals surface area contributed by atoms with Gasteiger partial charge in [-0.2, -0.15) is 0 Å². The Morgan fingerprint density at radius 3 is 1.94 bits per heavy atom. The van der Waals surface area contributed by atoms with Gasteiger partial charge in [0.2, 0.25) is 0 Å². The third kappa shape index (κ3) is 3.80. The van der Waals surface area contributed by atoms with Gasteiger partial charge in [-0.05, 0) is 6.42 Å². The molecule has 2 aliphatic heterocycles. The SMILES string of the molecule is O=C1CC([P@]2(=O)OC(c3ccccc3)=C(c3ccccc3)N=C2c2ccccc2)CCO1. The maximum atomic E-state index is 14.6. The molecule has 1 unspecified atom stereocenters. The van der Waals surface area contributed by atoms with Crippen molar-refractivity contribution in [3.05, 3.63) is 108 Å². The molecule has 0 aromatic heterocycles. The first-order chi connectivity index (χ1) is 15.6. The zero-order chi connectivity index (χ0) is 22.0. The number of ether oxygens (including phenoxy) is 1. The number of hydrogen-bond acceptors (Lipinski definition) is 5. The van der Waals surface area contributed by atoms with E-state index in [-0.39, 0.29) is 19.0 Å². The van der Waals surface area contributed by atoms with Crippen LogP contribution in [0, 0.1) is 0 Å². The average molecular weight is 443 g/mol. The summed E-state index contributed by atoms with van der Waals surface area (Å²) in [6.45, 7) is 0.231. The molecule has 0 bridgehead atoms. The Morgan fingerprint density at radius 2 is 1.34 bits per heavy atom. The molecule has 2 aliphatic rings. The first kappa shape index (κ1) is 20.5. The van der Waals surface area contributed by atoms with Crippen molar-refractivity contribution in [2.75, 3.05) is 6.61 Å². The van der Waals surface area contributed by atoms with Crippen molar-refractivity contribution in [1.82, 2.24) is 0 Å². The van der Waals surface area contributed by atoms with E-state index in [9.17, 15) is 9.36 Å². The summed E-state index contributed by atoms with van der Waals surface area (Å²) in [6, 6.07) is 28.7. The zero-order valence-electron chi connectivity index (χ0n) is 17.4. The minimum atomic E-state index is -3.55. The van der Waals surface area contributed by atoms with Gasteiger partial charge in [-0.15, -0.1) is 0 Å². The quantitative estimate of drug-likeness (QED) is 0.368. The third-order valence-corrected chi connectivity index (χ3v) is 8.47. The van der Waals surface area contributed by atoms with Crippen molar-refractivity contribution < 1.29 is 18.6 Å². The Morgan fingerprint density at radius 1 is 0.781 bits per heavy atom. The predicted octanol–water partition coefficient (Wildman–Crippen LogP) is 5.97. The lowest BCUT2D eigenvalue weighted by atomic mass is 10.1. The number of carbonyl (C=O) groups is 1. The molecule has 2 heterocycles. The van der Waals surface area contributed by atoms with Crippen LogP contribution in [0.3, 0.4) is 0 Å². The van der Waals surface area contributed by atoms with Gasteiger partial charge in [0, 0.05) is 16.7 Å². The molecule has 160 valence electrons. The summed E-state index contributed by atoms with van der Waals surface area (Å²) < 4.78 is 26.2. The van der Waals surface area contributed by atoms with Crippen LogP contribution in [-0.4, -0.2) is 23.7 Å². The second kappa shape index (κ2) is 8.60. The normalized spacial score (nSPS) is 23.2. The van der Waals surface area contributed by atoms with Gasteiger partial charge in [0.1, 0.15) is 11.1 Å². The molecule has 3 aromatic rings. The van der Waals surface area contributed by atoms with E-state index in [0.717, 1.165) is 16.7 Å². The fourth-order valence-corrected chi connectivity index (χ4v) is 6.68. The molecule has 5 nitrogen and oxygen atoms in total. The molecule has 5 rings (SSSR count). The van der Waals surface area contributed by atoms with Crippen LogP contribution in [0.2, 0.25) is 0 Å². The Kier molecular flexibility index (Phi) is 5.50. The molecule has 0 amide bonds. The molecular formula is C26H22NO4P. The summed E-state index contributed by atoms with van der Waals surface area (Å²) in [5.41, 5.74) is 2.93. The number of benzene rings is 3. The lowest BCUT2D eigenvalue weighted by Gasteiger charge is -2.34. The Labute approximate surface area is 186 Å². The highest BCUT2D eigenvalue weighted by molar-refractivity contribution is 7.78. The maximum absolute atomic E-state index is 14.6. The number of aliphatic imine (C=N–C) groups is 1. The number of cyclic esters (lactones) is 1. The zero-order valence-corrected chi connectivity index (χ0v) is 18.3. The molecule has 6 heteroatoms. The maximum Gasteiger partial charge on any atom is 0.306 e. The summed E-state index contributed by atoms with van der Waals surface area (Å²) in [5.74, 6) is 0.116. The lowest BCUT2D eigenvalue weighted by molar-refractivity contribution is -0.146. The summed E-state index contributed by atoms with van der Waals surface area (Å²) in [7, 11) is -3.55. The van der Waals surface area contributed by atoms with Crippen LogP contribution in [0.5, 0.6) is 0 Å². The van der Waals surface area contributed by atoms with E-state index >= 15 is 0 Å². The van der Waals surface area contributed by atoms with Crippen LogP contribution in [0.25, 0.3) is 11.5 Å². The molecule has 3 aromatic carbocycles. The van der Waals surface area contributed by atoms with Crippen LogP contribution >= 0.6 is 7.37 Å². The van der Waals surface area contributed by atoms with Crippen LogP contribution in [0.1, 0.15) is 29.5 Å². The summed E-state index contributed by atoms with van der Waals surface area (Å²) in [5, 5.41) is 0. The Bertz CT molecular complexity index is 1240.